The smallest absolute Gasteiger partial charge is 0.245 e. The number of halogens is 1. The Morgan fingerprint density at radius 2 is 2.21 bits per heavy atom. The summed E-state index contributed by atoms with van der Waals surface area (Å²) < 4.78 is 0. The molecule has 0 unspecified atom stereocenters. The van der Waals surface area contributed by atoms with Gasteiger partial charge in [0.05, 0.1) is 0 Å². The summed E-state index contributed by atoms with van der Waals surface area (Å²) in [6.07, 6.45) is 8.49. The van der Waals surface area contributed by atoms with Gasteiger partial charge in [0.1, 0.15) is 0 Å². The van der Waals surface area contributed by atoms with Gasteiger partial charge in [-0.2, -0.15) is 0 Å². The Labute approximate surface area is 90.1 Å². The van der Waals surface area contributed by atoms with E-state index in [1.54, 1.807) is 0 Å². The first-order valence-electron chi connectivity index (χ1n) is 4.69. The maximum Gasteiger partial charge on any atom is 0.245 e. The van der Waals surface area contributed by atoms with Crippen molar-refractivity contribution in [1.29, 1.82) is 0 Å². The van der Waals surface area contributed by atoms with Crippen LogP contribution in [0.25, 0.3) is 0 Å². The molecule has 0 spiro atoms. The van der Waals surface area contributed by atoms with Gasteiger partial charge >= 0.3 is 0 Å². The number of rotatable bonds is 2. The summed E-state index contributed by atoms with van der Waals surface area (Å²) >= 11 is 5.27. The van der Waals surface area contributed by atoms with Gasteiger partial charge in [-0.3, -0.25) is 4.79 Å². The van der Waals surface area contributed by atoms with Gasteiger partial charge in [-0.05, 0) is 47.6 Å². The summed E-state index contributed by atoms with van der Waals surface area (Å²) in [6, 6.07) is 0. The molecule has 0 atom stereocenters. The summed E-state index contributed by atoms with van der Waals surface area (Å²) in [5, 5.41) is -0.421. The van der Waals surface area contributed by atoms with Gasteiger partial charge in [-0.15, -0.1) is 0 Å². The molecule has 0 aromatic rings. The van der Waals surface area contributed by atoms with Crippen LogP contribution in [0.2, 0.25) is 0 Å². The van der Waals surface area contributed by atoms with Crippen molar-refractivity contribution in [2.45, 2.75) is 27.2 Å². The zero-order valence-corrected chi connectivity index (χ0v) is 9.56. The lowest BCUT2D eigenvalue weighted by atomic mass is 9.75. The highest BCUT2D eigenvalue weighted by Crippen LogP contribution is 2.37. The Kier molecular flexibility index (Phi) is 3.33. The van der Waals surface area contributed by atoms with Crippen LogP contribution in [0.5, 0.6) is 0 Å². The maximum absolute atomic E-state index is 10.6. The molecule has 0 saturated heterocycles. The minimum Gasteiger partial charge on any atom is -0.276 e. The van der Waals surface area contributed by atoms with Gasteiger partial charge in [0.2, 0.25) is 5.24 Å². The van der Waals surface area contributed by atoms with Crippen molar-refractivity contribution in [1.82, 2.24) is 0 Å². The molecule has 0 aromatic heterocycles. The van der Waals surface area contributed by atoms with Crippen LogP contribution in [0.4, 0.5) is 0 Å². The zero-order chi connectivity index (χ0) is 10.8. The second kappa shape index (κ2) is 4.14. The number of carbonyl (C=O) groups is 1. The van der Waals surface area contributed by atoms with E-state index in [2.05, 4.69) is 32.9 Å². The molecule has 0 heterocycles. The van der Waals surface area contributed by atoms with Gasteiger partial charge in [0.15, 0.2) is 0 Å². The molecule has 1 aliphatic rings. The van der Waals surface area contributed by atoms with Crippen molar-refractivity contribution in [2.24, 2.45) is 5.41 Å². The van der Waals surface area contributed by atoms with Crippen LogP contribution in [0.15, 0.2) is 35.5 Å². The lowest BCUT2D eigenvalue weighted by molar-refractivity contribution is -0.107. The van der Waals surface area contributed by atoms with E-state index >= 15 is 0 Å². The Bertz CT molecular complexity index is 332. The van der Waals surface area contributed by atoms with Gasteiger partial charge in [0.25, 0.3) is 0 Å². The molecule has 1 rings (SSSR count). The number of hydrogen-bond acceptors (Lipinski definition) is 1. The van der Waals surface area contributed by atoms with E-state index in [0.717, 1.165) is 6.42 Å². The Morgan fingerprint density at radius 1 is 1.57 bits per heavy atom. The SMILES string of the molecule is CC1=C(/C=C/C(=O)Cl)C(C)(C)CC=C1. The highest BCUT2D eigenvalue weighted by Gasteiger charge is 2.23. The van der Waals surface area contributed by atoms with Crippen LogP contribution in [-0.2, 0) is 4.79 Å². The van der Waals surface area contributed by atoms with Crippen molar-refractivity contribution in [3.05, 3.63) is 35.5 Å². The zero-order valence-electron chi connectivity index (χ0n) is 8.80. The molecule has 2 heteroatoms. The summed E-state index contributed by atoms with van der Waals surface area (Å²) in [7, 11) is 0. The van der Waals surface area contributed by atoms with Crippen LogP contribution in [-0.4, -0.2) is 5.24 Å². The van der Waals surface area contributed by atoms with Crippen molar-refractivity contribution < 1.29 is 4.79 Å². The van der Waals surface area contributed by atoms with E-state index in [1.165, 1.54) is 17.2 Å². The lowest BCUT2D eigenvalue weighted by Crippen LogP contribution is -2.16. The van der Waals surface area contributed by atoms with E-state index in [9.17, 15) is 4.79 Å². The predicted molar refractivity (Wildman–Crippen MR) is 60.2 cm³/mol. The highest BCUT2D eigenvalue weighted by atomic mass is 35.5. The second-order valence-corrected chi connectivity index (χ2v) is 4.60. The van der Waals surface area contributed by atoms with Crippen molar-refractivity contribution in [3.63, 3.8) is 0 Å². The topological polar surface area (TPSA) is 17.1 Å². The molecule has 0 aliphatic heterocycles. The quantitative estimate of drug-likeness (QED) is 0.503. The van der Waals surface area contributed by atoms with Gasteiger partial charge in [0, 0.05) is 0 Å². The molecule has 0 fully saturated rings. The number of hydrogen-bond donors (Lipinski definition) is 0. The summed E-state index contributed by atoms with van der Waals surface area (Å²) in [5.41, 5.74) is 2.49. The fraction of sp³-hybridized carbons (Fsp3) is 0.417. The fourth-order valence-corrected chi connectivity index (χ4v) is 1.83. The molecule has 1 nitrogen and oxygen atoms in total. The number of carbonyl (C=O) groups excluding carboxylic acids is 1. The molecular formula is C12H15ClO. The maximum atomic E-state index is 10.6. The van der Waals surface area contributed by atoms with Crippen LogP contribution in [0.3, 0.4) is 0 Å². The second-order valence-electron chi connectivity index (χ2n) is 4.22. The molecule has 14 heavy (non-hydrogen) atoms. The lowest BCUT2D eigenvalue weighted by Gasteiger charge is -2.29. The third kappa shape index (κ3) is 2.58. The van der Waals surface area contributed by atoms with Gasteiger partial charge in [-0.1, -0.05) is 32.1 Å². The van der Waals surface area contributed by atoms with Gasteiger partial charge < -0.3 is 0 Å². The predicted octanol–water partition coefficient (Wildman–Crippen LogP) is 3.61. The van der Waals surface area contributed by atoms with Crippen molar-refractivity contribution >= 4 is 16.8 Å². The molecule has 0 aromatic carbocycles. The van der Waals surface area contributed by atoms with Gasteiger partial charge in [-0.25, -0.2) is 0 Å². The highest BCUT2D eigenvalue weighted by molar-refractivity contribution is 6.66. The molecule has 0 radical (unpaired) electrons. The molecular weight excluding hydrogens is 196 g/mol. The first kappa shape index (κ1) is 11.3. The van der Waals surface area contributed by atoms with E-state index in [1.807, 2.05) is 6.08 Å². The van der Waals surface area contributed by atoms with E-state index in [4.69, 9.17) is 11.6 Å². The van der Waals surface area contributed by atoms with E-state index < -0.39 is 5.24 Å². The molecule has 0 bridgehead atoms. The largest absolute Gasteiger partial charge is 0.276 e. The molecule has 76 valence electrons. The third-order valence-electron chi connectivity index (χ3n) is 2.53. The minimum absolute atomic E-state index is 0.0989. The molecule has 0 amide bonds. The van der Waals surface area contributed by atoms with E-state index in [0.29, 0.717) is 0 Å². The Morgan fingerprint density at radius 3 is 2.71 bits per heavy atom. The average Bonchev–Trinajstić information content (AvgIpc) is 2.01. The Hall–Kier alpha value is -0.820. The fourth-order valence-electron chi connectivity index (χ4n) is 1.77. The Balaban J connectivity index is 3.02. The number of allylic oxidation sites excluding steroid dienone is 6. The normalized spacial score (nSPS) is 20.6. The van der Waals surface area contributed by atoms with Crippen LogP contribution in [0.1, 0.15) is 27.2 Å². The average molecular weight is 211 g/mol. The standard InChI is InChI=1S/C12H15ClO/c1-9-5-4-8-12(2,3)10(9)6-7-11(13)14/h4-7H,8H2,1-3H3/b7-6+. The minimum atomic E-state index is -0.421. The van der Waals surface area contributed by atoms with Crippen LogP contribution >= 0.6 is 11.6 Å². The summed E-state index contributed by atoms with van der Waals surface area (Å²) in [4.78, 5) is 10.6. The molecule has 0 saturated carbocycles. The van der Waals surface area contributed by atoms with Crippen molar-refractivity contribution in [3.8, 4) is 0 Å². The third-order valence-corrected chi connectivity index (χ3v) is 2.66. The monoisotopic (exact) mass is 210 g/mol. The van der Waals surface area contributed by atoms with E-state index in [-0.39, 0.29) is 5.41 Å². The molecule has 1 aliphatic carbocycles. The molecule has 0 N–H and O–H groups in total. The van der Waals surface area contributed by atoms with Crippen molar-refractivity contribution in [2.75, 3.05) is 0 Å². The summed E-state index contributed by atoms with van der Waals surface area (Å²) in [6.45, 7) is 6.38. The first-order chi connectivity index (χ1) is 6.43. The van der Waals surface area contributed by atoms with Crippen LogP contribution in [0, 0.1) is 5.41 Å². The van der Waals surface area contributed by atoms with Crippen LogP contribution < -0.4 is 0 Å². The first-order valence-corrected chi connectivity index (χ1v) is 5.07. The summed E-state index contributed by atoms with van der Waals surface area (Å²) in [5.74, 6) is 0.